The number of nitrogens with zero attached hydrogens (tertiary/aromatic N) is 4. The summed E-state index contributed by atoms with van der Waals surface area (Å²) in [7, 11) is 0. The lowest BCUT2D eigenvalue weighted by Crippen LogP contribution is -2.47. The van der Waals surface area contributed by atoms with E-state index in [1.807, 2.05) is 6.07 Å². The summed E-state index contributed by atoms with van der Waals surface area (Å²) in [5.74, 6) is 0. The predicted molar refractivity (Wildman–Crippen MR) is 110 cm³/mol. The van der Waals surface area contributed by atoms with Gasteiger partial charge in [0.15, 0.2) is 0 Å². The Morgan fingerprint density at radius 2 is 1.97 bits per heavy atom. The van der Waals surface area contributed by atoms with Crippen molar-refractivity contribution in [2.45, 2.75) is 25.4 Å². The van der Waals surface area contributed by atoms with E-state index in [0.29, 0.717) is 16.6 Å². The fourth-order valence-corrected chi connectivity index (χ4v) is 4.65. The van der Waals surface area contributed by atoms with Crippen molar-refractivity contribution in [1.29, 1.82) is 0 Å². The minimum Gasteiger partial charge on any atom is -0.379 e. The third-order valence-corrected chi connectivity index (χ3v) is 6.17. The minimum atomic E-state index is -0.382. The van der Waals surface area contributed by atoms with E-state index in [0.717, 1.165) is 70.6 Å². The van der Waals surface area contributed by atoms with E-state index in [2.05, 4.69) is 24.8 Å². The number of ether oxygens (including phenoxy) is 1. The van der Waals surface area contributed by atoms with Crippen LogP contribution in [0.15, 0.2) is 28.0 Å². The number of pyridine rings is 1. The lowest BCUT2D eigenvalue weighted by Gasteiger charge is -2.38. The first-order valence-electron chi connectivity index (χ1n) is 10.4. The Hall–Kier alpha value is -2.49. The van der Waals surface area contributed by atoms with Crippen molar-refractivity contribution < 1.29 is 4.74 Å². The number of rotatable bonds is 4. The molecule has 1 unspecified atom stereocenters. The zero-order valence-corrected chi connectivity index (χ0v) is 16.4. The molecular formula is C20H26N6O3. The number of nitrogens with one attached hydrogen (secondary N) is 2. The van der Waals surface area contributed by atoms with E-state index in [1.54, 1.807) is 17.0 Å². The van der Waals surface area contributed by atoms with E-state index < -0.39 is 0 Å². The highest BCUT2D eigenvalue weighted by Gasteiger charge is 2.28. The second kappa shape index (κ2) is 7.74. The Kier molecular flexibility index (Phi) is 4.94. The van der Waals surface area contributed by atoms with Crippen LogP contribution in [-0.4, -0.2) is 75.3 Å². The fraction of sp³-hybridized carbons (Fsp3) is 0.550. The van der Waals surface area contributed by atoms with Gasteiger partial charge >= 0.3 is 5.69 Å². The molecule has 5 heterocycles. The molecule has 9 nitrogen and oxygen atoms in total. The van der Waals surface area contributed by atoms with E-state index in [9.17, 15) is 9.59 Å². The maximum Gasteiger partial charge on any atom is 0.330 e. The number of piperidine rings is 1. The molecule has 3 aromatic rings. The molecule has 2 N–H and O–H groups in total. The first-order valence-corrected chi connectivity index (χ1v) is 10.4. The number of likely N-dealkylation sites (tertiary alicyclic amines) is 1. The zero-order valence-electron chi connectivity index (χ0n) is 16.4. The number of H-pyrrole nitrogens is 2. The van der Waals surface area contributed by atoms with Crippen LogP contribution in [-0.2, 0) is 4.74 Å². The third kappa shape index (κ3) is 3.39. The molecule has 2 aliphatic rings. The summed E-state index contributed by atoms with van der Waals surface area (Å²) >= 11 is 0. The summed E-state index contributed by atoms with van der Waals surface area (Å²) in [6, 6.07) is 1.89. The highest BCUT2D eigenvalue weighted by atomic mass is 16.5. The maximum absolute atomic E-state index is 13.0. The van der Waals surface area contributed by atoms with Gasteiger partial charge in [-0.3, -0.25) is 24.1 Å². The quantitative estimate of drug-likeness (QED) is 0.677. The average Bonchev–Trinajstić information content (AvgIpc) is 3.23. The van der Waals surface area contributed by atoms with Crippen LogP contribution in [0.5, 0.6) is 0 Å². The molecule has 5 rings (SSSR count). The largest absolute Gasteiger partial charge is 0.379 e. The van der Waals surface area contributed by atoms with Crippen LogP contribution in [0.2, 0.25) is 0 Å². The Morgan fingerprint density at radius 3 is 2.83 bits per heavy atom. The van der Waals surface area contributed by atoms with Crippen LogP contribution in [0.4, 0.5) is 0 Å². The molecule has 154 valence electrons. The van der Waals surface area contributed by atoms with E-state index in [4.69, 9.17) is 4.74 Å². The Balaban J connectivity index is 1.56. The highest BCUT2D eigenvalue weighted by molar-refractivity contribution is 6.01. The van der Waals surface area contributed by atoms with Crippen molar-refractivity contribution >= 4 is 21.9 Å². The Bertz CT molecular complexity index is 1130. The normalized spacial score (nSPS) is 21.9. The number of fused-ring (bicyclic) bond motifs is 3. The molecule has 0 aliphatic carbocycles. The molecule has 2 aliphatic heterocycles. The van der Waals surface area contributed by atoms with Crippen LogP contribution < -0.4 is 11.2 Å². The SMILES string of the molecule is O=c1[nH]c(=O)n(C2CCCCN2CCN2CCOCC2)c2c1cnc1[nH]ccc12. The number of aromatic nitrogens is 4. The molecule has 0 aromatic carbocycles. The van der Waals surface area contributed by atoms with E-state index in [-0.39, 0.29) is 17.4 Å². The van der Waals surface area contributed by atoms with Crippen molar-refractivity contribution in [3.8, 4) is 0 Å². The van der Waals surface area contributed by atoms with Crippen molar-refractivity contribution in [3.05, 3.63) is 39.3 Å². The maximum atomic E-state index is 13.0. The van der Waals surface area contributed by atoms with Gasteiger partial charge in [-0.1, -0.05) is 0 Å². The number of aromatic amines is 2. The smallest absolute Gasteiger partial charge is 0.330 e. The molecule has 0 radical (unpaired) electrons. The molecule has 9 heteroatoms. The monoisotopic (exact) mass is 398 g/mol. The van der Waals surface area contributed by atoms with Gasteiger partial charge in [-0.15, -0.1) is 0 Å². The van der Waals surface area contributed by atoms with Crippen LogP contribution in [0.25, 0.3) is 21.9 Å². The van der Waals surface area contributed by atoms with Crippen LogP contribution in [0.1, 0.15) is 25.4 Å². The molecular weight excluding hydrogens is 372 g/mol. The molecule has 0 amide bonds. The standard InChI is InChI=1S/C20H26N6O3/c27-19-15-13-22-18-14(4-5-21-18)17(15)26(20(28)23-19)16-3-1-2-6-25(16)8-7-24-9-11-29-12-10-24/h4-5,13,16H,1-3,6-12H2,(H,21,22)(H,23,27,28). The number of hydrogen-bond acceptors (Lipinski definition) is 6. The van der Waals surface area contributed by atoms with Gasteiger partial charge in [0.25, 0.3) is 5.56 Å². The summed E-state index contributed by atoms with van der Waals surface area (Å²) in [6.07, 6.45) is 6.35. The predicted octanol–water partition coefficient (Wildman–Crippen LogP) is 0.883. The molecule has 1 atom stereocenters. The highest BCUT2D eigenvalue weighted by Crippen LogP contribution is 2.29. The molecule has 2 fully saturated rings. The summed E-state index contributed by atoms with van der Waals surface area (Å²) in [5.41, 5.74) is 0.632. The van der Waals surface area contributed by atoms with Gasteiger partial charge in [-0.2, -0.15) is 0 Å². The number of hydrogen-bond donors (Lipinski definition) is 2. The van der Waals surface area contributed by atoms with Crippen LogP contribution >= 0.6 is 0 Å². The van der Waals surface area contributed by atoms with Gasteiger partial charge in [0.2, 0.25) is 0 Å². The van der Waals surface area contributed by atoms with Crippen LogP contribution in [0.3, 0.4) is 0 Å². The molecule has 29 heavy (non-hydrogen) atoms. The van der Waals surface area contributed by atoms with Gasteiger partial charge in [0, 0.05) is 50.5 Å². The lowest BCUT2D eigenvalue weighted by molar-refractivity contribution is 0.0222. The lowest BCUT2D eigenvalue weighted by atomic mass is 10.1. The molecule has 2 saturated heterocycles. The minimum absolute atomic E-state index is 0.0721. The van der Waals surface area contributed by atoms with Crippen molar-refractivity contribution in [2.24, 2.45) is 0 Å². The summed E-state index contributed by atoms with van der Waals surface area (Å²) in [4.78, 5) is 40.2. The van der Waals surface area contributed by atoms with Gasteiger partial charge in [-0.25, -0.2) is 9.78 Å². The van der Waals surface area contributed by atoms with E-state index in [1.165, 1.54) is 0 Å². The summed E-state index contributed by atoms with van der Waals surface area (Å²) in [6.45, 7) is 6.27. The molecule has 0 saturated carbocycles. The summed E-state index contributed by atoms with van der Waals surface area (Å²) in [5, 5.41) is 1.26. The third-order valence-electron chi connectivity index (χ3n) is 6.17. The first kappa shape index (κ1) is 18.5. The second-order valence-electron chi connectivity index (χ2n) is 7.86. The molecule has 3 aromatic heterocycles. The second-order valence-corrected chi connectivity index (χ2v) is 7.86. The van der Waals surface area contributed by atoms with Gasteiger partial charge in [0.1, 0.15) is 5.65 Å². The fourth-order valence-electron chi connectivity index (χ4n) is 4.65. The zero-order chi connectivity index (χ0) is 19.8. The van der Waals surface area contributed by atoms with Crippen molar-refractivity contribution in [2.75, 3.05) is 45.9 Å². The number of morpholine rings is 1. The van der Waals surface area contributed by atoms with Gasteiger partial charge in [-0.05, 0) is 25.3 Å². The molecule has 0 bridgehead atoms. The molecule has 0 spiro atoms. The van der Waals surface area contributed by atoms with E-state index >= 15 is 0 Å². The first-order chi connectivity index (χ1) is 14.2. The van der Waals surface area contributed by atoms with Gasteiger partial charge < -0.3 is 9.72 Å². The Labute approximate surface area is 167 Å². The van der Waals surface area contributed by atoms with Gasteiger partial charge in [0.05, 0.1) is 30.3 Å². The summed E-state index contributed by atoms with van der Waals surface area (Å²) < 4.78 is 7.23. The van der Waals surface area contributed by atoms with Crippen LogP contribution in [0, 0.1) is 0 Å². The van der Waals surface area contributed by atoms with Crippen molar-refractivity contribution in [1.82, 2.24) is 29.3 Å². The Morgan fingerprint density at radius 1 is 1.10 bits per heavy atom. The average molecular weight is 398 g/mol. The topological polar surface area (TPSA) is 99.2 Å². The van der Waals surface area contributed by atoms with Crippen molar-refractivity contribution in [3.63, 3.8) is 0 Å².